The lowest BCUT2D eigenvalue weighted by molar-refractivity contribution is -0.123. The van der Waals surface area contributed by atoms with Gasteiger partial charge in [-0.05, 0) is 44.1 Å². The van der Waals surface area contributed by atoms with Gasteiger partial charge in [0.05, 0.1) is 6.04 Å². The molecule has 2 aliphatic rings. The number of rotatable bonds is 4. The highest BCUT2D eigenvalue weighted by Crippen LogP contribution is 2.19. The van der Waals surface area contributed by atoms with E-state index in [1.165, 1.54) is 37.2 Å². The minimum atomic E-state index is -0.0290. The molecule has 0 aromatic heterocycles. The van der Waals surface area contributed by atoms with E-state index in [1.54, 1.807) is 0 Å². The molecule has 1 atom stereocenters. The molecular formula is C11H20N2OS. The van der Waals surface area contributed by atoms with Gasteiger partial charge >= 0.3 is 0 Å². The standard InChI is InChI=1S/C11H20N2OS/c1-8(11(14)13-9-2-3-9)12-10-4-6-15-7-5-10/h8-10,12H,2-7H2,1H3,(H,13,14). The lowest BCUT2D eigenvalue weighted by Crippen LogP contribution is -2.48. The topological polar surface area (TPSA) is 41.1 Å². The minimum absolute atomic E-state index is 0.0290. The van der Waals surface area contributed by atoms with E-state index in [1.807, 2.05) is 18.7 Å². The summed E-state index contributed by atoms with van der Waals surface area (Å²) >= 11 is 2.01. The summed E-state index contributed by atoms with van der Waals surface area (Å²) in [6, 6.07) is 0.994. The molecule has 0 spiro atoms. The average Bonchev–Trinajstić information content (AvgIpc) is 3.03. The van der Waals surface area contributed by atoms with Gasteiger partial charge in [0.2, 0.25) is 5.91 Å². The van der Waals surface area contributed by atoms with Crippen molar-refractivity contribution in [3.8, 4) is 0 Å². The summed E-state index contributed by atoms with van der Waals surface area (Å²) in [5, 5.41) is 6.46. The van der Waals surface area contributed by atoms with Crippen LogP contribution in [0.2, 0.25) is 0 Å². The molecule has 0 aromatic carbocycles. The third kappa shape index (κ3) is 3.68. The Morgan fingerprint density at radius 2 is 1.87 bits per heavy atom. The largest absolute Gasteiger partial charge is 0.352 e. The molecule has 1 aliphatic carbocycles. The van der Waals surface area contributed by atoms with Crippen molar-refractivity contribution in [3.63, 3.8) is 0 Å². The Balaban J connectivity index is 1.69. The quantitative estimate of drug-likeness (QED) is 0.758. The summed E-state index contributed by atoms with van der Waals surface area (Å²) in [7, 11) is 0. The fourth-order valence-electron chi connectivity index (χ4n) is 1.85. The summed E-state index contributed by atoms with van der Waals surface area (Å²) in [5.74, 6) is 2.64. The second kappa shape index (κ2) is 5.21. The van der Waals surface area contributed by atoms with Crippen LogP contribution in [0.5, 0.6) is 0 Å². The average molecular weight is 228 g/mol. The molecule has 1 aliphatic heterocycles. The van der Waals surface area contributed by atoms with Crippen LogP contribution in [-0.2, 0) is 4.79 Å². The Labute approximate surface area is 95.8 Å². The van der Waals surface area contributed by atoms with E-state index in [-0.39, 0.29) is 11.9 Å². The molecule has 1 unspecified atom stereocenters. The highest BCUT2D eigenvalue weighted by atomic mass is 32.2. The molecule has 1 heterocycles. The molecule has 86 valence electrons. The predicted octanol–water partition coefficient (Wildman–Crippen LogP) is 1.14. The van der Waals surface area contributed by atoms with E-state index in [4.69, 9.17) is 0 Å². The molecule has 2 N–H and O–H groups in total. The maximum Gasteiger partial charge on any atom is 0.237 e. The first-order chi connectivity index (χ1) is 7.25. The van der Waals surface area contributed by atoms with Crippen LogP contribution < -0.4 is 10.6 Å². The second-order valence-electron chi connectivity index (χ2n) is 4.56. The van der Waals surface area contributed by atoms with Gasteiger partial charge in [0, 0.05) is 12.1 Å². The number of amides is 1. The van der Waals surface area contributed by atoms with Gasteiger partial charge in [-0.3, -0.25) is 4.79 Å². The molecular weight excluding hydrogens is 208 g/mol. The summed E-state index contributed by atoms with van der Waals surface area (Å²) in [6.07, 6.45) is 4.73. The first-order valence-electron chi connectivity index (χ1n) is 5.90. The van der Waals surface area contributed by atoms with Crippen LogP contribution in [-0.4, -0.2) is 35.5 Å². The van der Waals surface area contributed by atoms with E-state index in [0.29, 0.717) is 12.1 Å². The smallest absolute Gasteiger partial charge is 0.237 e. The zero-order valence-electron chi connectivity index (χ0n) is 9.29. The SMILES string of the molecule is CC(NC1CCSCC1)C(=O)NC1CC1. The first kappa shape index (κ1) is 11.3. The van der Waals surface area contributed by atoms with Gasteiger partial charge in [0.15, 0.2) is 0 Å². The van der Waals surface area contributed by atoms with Crippen molar-refractivity contribution in [2.45, 2.75) is 50.7 Å². The van der Waals surface area contributed by atoms with Crippen molar-refractivity contribution in [1.29, 1.82) is 0 Å². The van der Waals surface area contributed by atoms with Gasteiger partial charge in [0.25, 0.3) is 0 Å². The summed E-state index contributed by atoms with van der Waals surface area (Å²) in [4.78, 5) is 11.7. The van der Waals surface area contributed by atoms with Crippen LogP contribution in [0.3, 0.4) is 0 Å². The third-order valence-corrected chi connectivity index (χ3v) is 4.07. The maximum atomic E-state index is 11.7. The van der Waals surface area contributed by atoms with Gasteiger partial charge in [0.1, 0.15) is 0 Å². The van der Waals surface area contributed by atoms with Gasteiger partial charge < -0.3 is 10.6 Å². The fourth-order valence-corrected chi connectivity index (χ4v) is 2.95. The highest BCUT2D eigenvalue weighted by molar-refractivity contribution is 7.99. The van der Waals surface area contributed by atoms with Crippen molar-refractivity contribution < 1.29 is 4.79 Å². The molecule has 0 aromatic rings. The molecule has 2 rings (SSSR count). The Hall–Kier alpha value is -0.220. The minimum Gasteiger partial charge on any atom is -0.352 e. The first-order valence-corrected chi connectivity index (χ1v) is 7.05. The Bertz CT molecular complexity index is 225. The van der Waals surface area contributed by atoms with Crippen molar-refractivity contribution in [3.05, 3.63) is 0 Å². The second-order valence-corrected chi connectivity index (χ2v) is 5.78. The van der Waals surface area contributed by atoms with Crippen molar-refractivity contribution in [2.75, 3.05) is 11.5 Å². The normalized spacial score (nSPS) is 24.9. The molecule has 15 heavy (non-hydrogen) atoms. The highest BCUT2D eigenvalue weighted by Gasteiger charge is 2.26. The molecule has 0 radical (unpaired) electrons. The number of carbonyl (C=O) groups excluding carboxylic acids is 1. The lowest BCUT2D eigenvalue weighted by atomic mass is 10.1. The van der Waals surface area contributed by atoms with Crippen molar-refractivity contribution in [2.24, 2.45) is 0 Å². The van der Waals surface area contributed by atoms with E-state index in [0.717, 1.165) is 0 Å². The zero-order chi connectivity index (χ0) is 10.7. The Morgan fingerprint density at radius 1 is 1.20 bits per heavy atom. The van der Waals surface area contributed by atoms with Gasteiger partial charge in [-0.25, -0.2) is 0 Å². The summed E-state index contributed by atoms with van der Waals surface area (Å²) < 4.78 is 0. The monoisotopic (exact) mass is 228 g/mol. The Kier molecular flexibility index (Phi) is 3.92. The van der Waals surface area contributed by atoms with Gasteiger partial charge in [-0.2, -0.15) is 11.8 Å². The van der Waals surface area contributed by atoms with Crippen LogP contribution >= 0.6 is 11.8 Å². The molecule has 1 saturated carbocycles. The molecule has 1 amide bonds. The van der Waals surface area contributed by atoms with E-state index < -0.39 is 0 Å². The van der Waals surface area contributed by atoms with Crippen LogP contribution in [0, 0.1) is 0 Å². The van der Waals surface area contributed by atoms with Crippen LogP contribution in [0.25, 0.3) is 0 Å². The number of nitrogens with one attached hydrogen (secondary N) is 2. The lowest BCUT2D eigenvalue weighted by Gasteiger charge is -2.25. The van der Waals surface area contributed by atoms with Crippen LogP contribution in [0.1, 0.15) is 32.6 Å². The maximum absolute atomic E-state index is 11.7. The summed E-state index contributed by atoms with van der Waals surface area (Å²) in [5.41, 5.74) is 0. The summed E-state index contributed by atoms with van der Waals surface area (Å²) in [6.45, 7) is 1.97. The molecule has 1 saturated heterocycles. The molecule has 4 heteroatoms. The number of thioether (sulfide) groups is 1. The molecule has 0 bridgehead atoms. The van der Waals surface area contributed by atoms with Gasteiger partial charge in [-0.1, -0.05) is 0 Å². The number of carbonyl (C=O) groups is 1. The third-order valence-electron chi connectivity index (χ3n) is 3.02. The Morgan fingerprint density at radius 3 is 2.47 bits per heavy atom. The van der Waals surface area contributed by atoms with Crippen molar-refractivity contribution >= 4 is 17.7 Å². The van der Waals surface area contributed by atoms with E-state index in [2.05, 4.69) is 10.6 Å². The zero-order valence-corrected chi connectivity index (χ0v) is 10.1. The fraction of sp³-hybridized carbons (Fsp3) is 0.909. The van der Waals surface area contributed by atoms with E-state index >= 15 is 0 Å². The van der Waals surface area contributed by atoms with Crippen LogP contribution in [0.15, 0.2) is 0 Å². The predicted molar refractivity (Wildman–Crippen MR) is 64.1 cm³/mol. The molecule has 2 fully saturated rings. The van der Waals surface area contributed by atoms with Crippen LogP contribution in [0.4, 0.5) is 0 Å². The van der Waals surface area contributed by atoms with Gasteiger partial charge in [-0.15, -0.1) is 0 Å². The van der Waals surface area contributed by atoms with E-state index in [9.17, 15) is 4.79 Å². The number of hydrogen-bond donors (Lipinski definition) is 2. The van der Waals surface area contributed by atoms with Crippen molar-refractivity contribution in [1.82, 2.24) is 10.6 Å². The number of hydrogen-bond acceptors (Lipinski definition) is 3. The molecule has 3 nitrogen and oxygen atoms in total.